The fraction of sp³-hybridized carbons (Fsp3) is 0.400. The molecule has 1 aromatic heterocycles. The summed E-state index contributed by atoms with van der Waals surface area (Å²) in [7, 11) is 0. The number of alkyl carbamates (subject to hydrolysis) is 1. The maximum atomic E-state index is 12.4. The number of hydrogen-bond acceptors (Lipinski definition) is 5. The molecule has 0 bridgehead atoms. The Hall–Kier alpha value is -3.53. The van der Waals surface area contributed by atoms with Gasteiger partial charge in [0.2, 0.25) is 5.88 Å². The number of nitrogens with one attached hydrogen (secondary N) is 2. The van der Waals surface area contributed by atoms with Crippen molar-refractivity contribution in [2.75, 3.05) is 6.54 Å². The van der Waals surface area contributed by atoms with Crippen LogP contribution in [0, 0.1) is 19.3 Å². The molecule has 0 fully saturated rings. The second-order valence-electron chi connectivity index (χ2n) is 8.36. The van der Waals surface area contributed by atoms with Crippen LogP contribution in [0.3, 0.4) is 0 Å². The number of aromatic nitrogens is 1. The number of pyridine rings is 1. The standard InChI is InChI=1S/C25H31N3O4/c1-6-7-8-9-13-26-23(29)20-11-10-12-21(16-20)31-22-15-19(14-18(2)28-22)17-27-24(30)32-25(3,4)5/h1,10-12,14-16H,7-9,13,17H2,2-5H3,(H,26,29)(H,27,30). The lowest BCUT2D eigenvalue weighted by atomic mass is 10.2. The van der Waals surface area contributed by atoms with Gasteiger partial charge >= 0.3 is 6.09 Å². The van der Waals surface area contributed by atoms with Crippen LogP contribution in [0.1, 0.15) is 61.6 Å². The van der Waals surface area contributed by atoms with E-state index in [0.29, 0.717) is 30.2 Å². The van der Waals surface area contributed by atoms with Gasteiger partial charge in [-0.1, -0.05) is 6.07 Å². The number of nitrogens with zero attached hydrogens (tertiary/aromatic N) is 1. The van der Waals surface area contributed by atoms with Crippen molar-refractivity contribution in [3.8, 4) is 24.0 Å². The number of carbonyl (C=O) groups excluding carboxylic acids is 2. The first-order chi connectivity index (χ1) is 15.2. The van der Waals surface area contributed by atoms with E-state index in [-0.39, 0.29) is 12.5 Å². The van der Waals surface area contributed by atoms with Crippen LogP contribution < -0.4 is 15.4 Å². The van der Waals surface area contributed by atoms with Crippen LogP contribution in [0.2, 0.25) is 0 Å². The van der Waals surface area contributed by atoms with Crippen LogP contribution in [-0.4, -0.2) is 29.1 Å². The molecule has 7 nitrogen and oxygen atoms in total. The minimum Gasteiger partial charge on any atom is -0.444 e. The zero-order chi connectivity index (χ0) is 23.6. The second kappa shape index (κ2) is 11.8. The average molecular weight is 438 g/mol. The van der Waals surface area contributed by atoms with Crippen molar-refractivity contribution >= 4 is 12.0 Å². The Kier molecular flexibility index (Phi) is 9.08. The lowest BCUT2D eigenvalue weighted by molar-refractivity contribution is 0.0523. The Morgan fingerprint density at radius 2 is 1.91 bits per heavy atom. The molecule has 2 aromatic rings. The highest BCUT2D eigenvalue weighted by Gasteiger charge is 2.16. The first-order valence-electron chi connectivity index (χ1n) is 10.6. The van der Waals surface area contributed by atoms with E-state index in [1.165, 1.54) is 0 Å². The Morgan fingerprint density at radius 1 is 1.12 bits per heavy atom. The van der Waals surface area contributed by atoms with Gasteiger partial charge in [-0.2, -0.15) is 0 Å². The summed E-state index contributed by atoms with van der Waals surface area (Å²) in [5, 5.41) is 5.60. The van der Waals surface area contributed by atoms with Crippen molar-refractivity contribution in [1.29, 1.82) is 0 Å². The Balaban J connectivity index is 1.99. The normalized spacial score (nSPS) is 10.7. The molecule has 170 valence electrons. The van der Waals surface area contributed by atoms with Crippen LogP contribution in [0.5, 0.6) is 11.6 Å². The van der Waals surface area contributed by atoms with Gasteiger partial charge in [0.15, 0.2) is 0 Å². The third kappa shape index (κ3) is 9.09. The molecule has 0 saturated heterocycles. The molecule has 2 N–H and O–H groups in total. The van der Waals surface area contributed by atoms with E-state index < -0.39 is 11.7 Å². The number of aryl methyl sites for hydroxylation is 1. The summed E-state index contributed by atoms with van der Waals surface area (Å²) in [5.41, 5.74) is 1.49. The number of carbonyl (C=O) groups is 2. The maximum Gasteiger partial charge on any atom is 0.407 e. The van der Waals surface area contributed by atoms with Gasteiger partial charge in [-0.05, 0) is 70.4 Å². The van der Waals surface area contributed by atoms with Gasteiger partial charge in [0, 0.05) is 36.8 Å². The monoisotopic (exact) mass is 437 g/mol. The van der Waals surface area contributed by atoms with Crippen LogP contribution in [0.4, 0.5) is 4.79 Å². The molecule has 0 radical (unpaired) electrons. The molecule has 0 aliphatic heterocycles. The Labute approximate surface area is 189 Å². The van der Waals surface area contributed by atoms with Crippen molar-refractivity contribution in [1.82, 2.24) is 15.6 Å². The molecule has 0 aliphatic rings. The van der Waals surface area contributed by atoms with E-state index in [2.05, 4.69) is 21.5 Å². The zero-order valence-corrected chi connectivity index (χ0v) is 19.2. The number of hydrogen-bond donors (Lipinski definition) is 2. The summed E-state index contributed by atoms with van der Waals surface area (Å²) in [4.78, 5) is 28.6. The molecule has 0 unspecified atom stereocenters. The first kappa shape index (κ1) is 24.7. The molecular formula is C25H31N3O4. The number of amides is 2. The predicted octanol–water partition coefficient (Wildman–Crippen LogP) is 4.74. The summed E-state index contributed by atoms with van der Waals surface area (Å²) < 4.78 is 11.1. The van der Waals surface area contributed by atoms with Gasteiger partial charge in [0.05, 0.1) is 0 Å². The SMILES string of the molecule is C#CCCCCNC(=O)c1cccc(Oc2cc(CNC(=O)OC(C)(C)C)cc(C)n2)c1. The van der Waals surface area contributed by atoms with E-state index in [9.17, 15) is 9.59 Å². The highest BCUT2D eigenvalue weighted by Crippen LogP contribution is 2.22. The molecule has 0 saturated carbocycles. The first-order valence-corrected chi connectivity index (χ1v) is 10.6. The third-order valence-electron chi connectivity index (χ3n) is 4.18. The molecule has 0 atom stereocenters. The highest BCUT2D eigenvalue weighted by atomic mass is 16.6. The van der Waals surface area contributed by atoms with E-state index in [4.69, 9.17) is 15.9 Å². The van der Waals surface area contributed by atoms with Crippen molar-refractivity contribution in [2.45, 2.75) is 59.1 Å². The van der Waals surface area contributed by atoms with E-state index in [1.807, 2.05) is 33.8 Å². The van der Waals surface area contributed by atoms with Crippen LogP contribution in [0.15, 0.2) is 36.4 Å². The zero-order valence-electron chi connectivity index (χ0n) is 19.2. The quantitative estimate of drug-likeness (QED) is 0.437. The summed E-state index contributed by atoms with van der Waals surface area (Å²) in [5.74, 6) is 3.28. The van der Waals surface area contributed by atoms with Crippen LogP contribution in [-0.2, 0) is 11.3 Å². The Bertz CT molecular complexity index is 974. The van der Waals surface area contributed by atoms with E-state index >= 15 is 0 Å². The van der Waals surface area contributed by atoms with Gasteiger partial charge in [0.25, 0.3) is 5.91 Å². The molecule has 1 heterocycles. The summed E-state index contributed by atoms with van der Waals surface area (Å²) in [6, 6.07) is 10.5. The maximum absolute atomic E-state index is 12.4. The topological polar surface area (TPSA) is 89.6 Å². The lowest BCUT2D eigenvalue weighted by Gasteiger charge is -2.19. The van der Waals surface area contributed by atoms with Crippen molar-refractivity contribution in [3.05, 3.63) is 53.2 Å². The lowest BCUT2D eigenvalue weighted by Crippen LogP contribution is -2.32. The van der Waals surface area contributed by atoms with Gasteiger partial charge in [-0.15, -0.1) is 12.3 Å². The molecule has 32 heavy (non-hydrogen) atoms. The summed E-state index contributed by atoms with van der Waals surface area (Å²) >= 11 is 0. The van der Waals surface area contributed by atoms with Crippen LogP contribution >= 0.6 is 0 Å². The van der Waals surface area contributed by atoms with Crippen LogP contribution in [0.25, 0.3) is 0 Å². The third-order valence-corrected chi connectivity index (χ3v) is 4.18. The summed E-state index contributed by atoms with van der Waals surface area (Å²) in [6.45, 7) is 8.11. The van der Waals surface area contributed by atoms with E-state index in [1.54, 1.807) is 30.3 Å². The van der Waals surface area contributed by atoms with Crippen molar-refractivity contribution < 1.29 is 19.1 Å². The number of terminal acetylenes is 1. The second-order valence-corrected chi connectivity index (χ2v) is 8.36. The number of rotatable bonds is 9. The number of benzene rings is 1. The van der Waals surface area contributed by atoms with Gasteiger partial charge in [-0.25, -0.2) is 9.78 Å². The average Bonchev–Trinajstić information content (AvgIpc) is 2.70. The largest absolute Gasteiger partial charge is 0.444 e. The number of unbranched alkanes of at least 4 members (excludes halogenated alkanes) is 2. The Morgan fingerprint density at radius 3 is 2.62 bits per heavy atom. The molecular weight excluding hydrogens is 406 g/mol. The minimum atomic E-state index is -0.564. The van der Waals surface area contributed by atoms with Gasteiger partial charge in [-0.3, -0.25) is 4.79 Å². The van der Waals surface area contributed by atoms with Crippen molar-refractivity contribution in [2.24, 2.45) is 0 Å². The molecule has 1 aromatic carbocycles. The molecule has 0 spiro atoms. The molecule has 7 heteroatoms. The fourth-order valence-corrected chi connectivity index (χ4v) is 2.83. The molecule has 2 rings (SSSR count). The number of ether oxygens (including phenoxy) is 2. The molecule has 2 amide bonds. The van der Waals surface area contributed by atoms with E-state index in [0.717, 1.165) is 24.1 Å². The highest BCUT2D eigenvalue weighted by molar-refractivity contribution is 5.94. The predicted molar refractivity (Wildman–Crippen MR) is 124 cm³/mol. The minimum absolute atomic E-state index is 0.171. The van der Waals surface area contributed by atoms with Crippen molar-refractivity contribution in [3.63, 3.8) is 0 Å². The van der Waals surface area contributed by atoms with Gasteiger partial charge in [0.1, 0.15) is 11.4 Å². The smallest absolute Gasteiger partial charge is 0.407 e. The molecule has 0 aliphatic carbocycles. The van der Waals surface area contributed by atoms with Gasteiger partial charge < -0.3 is 20.1 Å². The fourth-order valence-electron chi connectivity index (χ4n) is 2.83. The summed E-state index contributed by atoms with van der Waals surface area (Å²) in [6.07, 6.45) is 7.16.